The maximum Gasteiger partial charge on any atom is 0.263 e. The van der Waals surface area contributed by atoms with Crippen molar-refractivity contribution in [2.24, 2.45) is 15.3 Å². The van der Waals surface area contributed by atoms with Gasteiger partial charge in [-0.1, -0.05) is 11.8 Å². The third-order valence-electron chi connectivity index (χ3n) is 5.32. The number of carbonyl (C=O) groups excluding carboxylic acids is 2. The molecule has 4 rings (SSSR count). The SMILES string of the molecule is COc1ccc(C=NN=C2SC(CC(=O)Nc3ccc(F)cc3)C(=O)N2N=Cc2ccc(OC)cc2)cc1. The van der Waals surface area contributed by atoms with Gasteiger partial charge < -0.3 is 14.8 Å². The van der Waals surface area contributed by atoms with E-state index in [0.29, 0.717) is 17.2 Å². The molecule has 0 radical (unpaired) electrons. The van der Waals surface area contributed by atoms with Gasteiger partial charge in [-0.15, -0.1) is 5.10 Å². The number of methoxy groups -OCH3 is 2. The summed E-state index contributed by atoms with van der Waals surface area (Å²) >= 11 is 1.09. The van der Waals surface area contributed by atoms with Crippen molar-refractivity contribution in [3.8, 4) is 11.5 Å². The standard InChI is InChI=1S/C27H24FN5O4S/c1-36-22-11-3-18(4-12-22)16-29-32-27-33(30-17-19-5-13-23(37-2)14-6-19)26(35)24(38-27)15-25(34)31-21-9-7-20(28)8-10-21/h3-14,16-17,24H,15H2,1-2H3,(H,31,34). The Labute approximate surface area is 223 Å². The minimum Gasteiger partial charge on any atom is -0.497 e. The van der Waals surface area contributed by atoms with E-state index in [1.165, 1.54) is 36.7 Å². The number of thioether (sulfide) groups is 1. The first-order valence-corrected chi connectivity index (χ1v) is 12.3. The number of ether oxygens (including phenoxy) is 2. The minimum atomic E-state index is -0.765. The quantitative estimate of drug-likeness (QED) is 0.321. The van der Waals surface area contributed by atoms with E-state index in [9.17, 15) is 14.0 Å². The molecule has 0 aliphatic carbocycles. The molecule has 11 heteroatoms. The lowest BCUT2D eigenvalue weighted by Crippen LogP contribution is -2.29. The lowest BCUT2D eigenvalue weighted by molar-refractivity contribution is -0.128. The summed E-state index contributed by atoms with van der Waals surface area (Å²) in [6, 6.07) is 19.7. The van der Waals surface area contributed by atoms with E-state index in [4.69, 9.17) is 9.47 Å². The molecule has 194 valence electrons. The van der Waals surface area contributed by atoms with Gasteiger partial charge in [-0.2, -0.15) is 15.2 Å². The summed E-state index contributed by atoms with van der Waals surface area (Å²) in [5.41, 5.74) is 1.95. The van der Waals surface area contributed by atoms with Crippen LogP contribution in [0.25, 0.3) is 0 Å². The monoisotopic (exact) mass is 533 g/mol. The topological polar surface area (TPSA) is 105 Å². The summed E-state index contributed by atoms with van der Waals surface area (Å²) in [6.45, 7) is 0. The molecule has 0 bridgehead atoms. The molecule has 1 N–H and O–H groups in total. The van der Waals surface area contributed by atoms with Crippen molar-refractivity contribution in [3.05, 3.63) is 89.7 Å². The van der Waals surface area contributed by atoms with Gasteiger partial charge in [0, 0.05) is 12.1 Å². The summed E-state index contributed by atoms with van der Waals surface area (Å²) in [7, 11) is 3.16. The normalized spacial score (nSPS) is 16.5. The maximum atomic E-state index is 13.2. The molecule has 1 unspecified atom stereocenters. The molecule has 9 nitrogen and oxygen atoms in total. The molecule has 0 aromatic heterocycles. The van der Waals surface area contributed by atoms with E-state index in [1.54, 1.807) is 50.6 Å². The second kappa shape index (κ2) is 12.6. The molecule has 1 aliphatic heterocycles. The number of amides is 2. The number of rotatable bonds is 9. The largest absolute Gasteiger partial charge is 0.497 e. The highest BCUT2D eigenvalue weighted by atomic mass is 32.2. The summed E-state index contributed by atoms with van der Waals surface area (Å²) < 4.78 is 23.5. The van der Waals surface area contributed by atoms with E-state index in [0.717, 1.165) is 27.9 Å². The number of carbonyl (C=O) groups is 2. The minimum absolute atomic E-state index is 0.128. The molecule has 1 heterocycles. The van der Waals surface area contributed by atoms with Gasteiger partial charge in [0.15, 0.2) is 0 Å². The lowest BCUT2D eigenvalue weighted by Gasteiger charge is -2.09. The number of hydrogen-bond acceptors (Lipinski definition) is 8. The van der Waals surface area contributed by atoms with Crippen LogP contribution in [0.15, 0.2) is 88.1 Å². The fraction of sp³-hybridized carbons (Fsp3) is 0.148. The molecule has 38 heavy (non-hydrogen) atoms. The number of nitrogens with zero attached hydrogens (tertiary/aromatic N) is 4. The van der Waals surface area contributed by atoms with Crippen molar-refractivity contribution >= 4 is 46.9 Å². The van der Waals surface area contributed by atoms with E-state index in [-0.39, 0.29) is 11.6 Å². The number of halogens is 1. The first-order chi connectivity index (χ1) is 18.4. The Balaban J connectivity index is 1.51. The van der Waals surface area contributed by atoms with Gasteiger partial charge in [-0.25, -0.2) is 4.39 Å². The number of hydrogen-bond donors (Lipinski definition) is 1. The fourth-order valence-electron chi connectivity index (χ4n) is 3.32. The summed E-state index contributed by atoms with van der Waals surface area (Å²) in [6.07, 6.45) is 2.93. The second-order valence-corrected chi connectivity index (χ2v) is 9.10. The van der Waals surface area contributed by atoms with Crippen molar-refractivity contribution in [2.45, 2.75) is 11.7 Å². The smallest absolute Gasteiger partial charge is 0.263 e. The number of nitrogens with one attached hydrogen (secondary N) is 1. The summed E-state index contributed by atoms with van der Waals surface area (Å²) in [4.78, 5) is 25.8. The molecule has 0 saturated carbocycles. The first kappa shape index (κ1) is 26.6. The zero-order chi connectivity index (χ0) is 26.9. The van der Waals surface area contributed by atoms with Crippen molar-refractivity contribution in [1.29, 1.82) is 0 Å². The average molecular weight is 534 g/mol. The Bertz CT molecular complexity index is 1360. The molecule has 3 aromatic carbocycles. The van der Waals surface area contributed by atoms with E-state index in [1.807, 2.05) is 12.1 Å². The predicted octanol–water partition coefficient (Wildman–Crippen LogP) is 4.54. The molecule has 1 aliphatic rings. The zero-order valence-electron chi connectivity index (χ0n) is 20.6. The van der Waals surface area contributed by atoms with E-state index < -0.39 is 22.9 Å². The van der Waals surface area contributed by atoms with Crippen molar-refractivity contribution in [3.63, 3.8) is 0 Å². The molecular weight excluding hydrogens is 509 g/mol. The third-order valence-corrected chi connectivity index (χ3v) is 6.43. The van der Waals surface area contributed by atoms with Crippen LogP contribution in [0.5, 0.6) is 11.5 Å². The molecule has 1 saturated heterocycles. The van der Waals surface area contributed by atoms with Crippen LogP contribution in [0.2, 0.25) is 0 Å². The van der Waals surface area contributed by atoms with Gasteiger partial charge in [0.1, 0.15) is 22.6 Å². The predicted molar refractivity (Wildman–Crippen MR) is 146 cm³/mol. The lowest BCUT2D eigenvalue weighted by atomic mass is 10.2. The van der Waals surface area contributed by atoms with Crippen LogP contribution in [0.4, 0.5) is 10.1 Å². The van der Waals surface area contributed by atoms with Crippen LogP contribution in [-0.4, -0.2) is 53.9 Å². The number of anilines is 1. The van der Waals surface area contributed by atoms with Crippen molar-refractivity contribution < 1.29 is 23.5 Å². The van der Waals surface area contributed by atoms with Crippen LogP contribution < -0.4 is 14.8 Å². The number of hydrazone groups is 1. The van der Waals surface area contributed by atoms with Crippen LogP contribution in [0.1, 0.15) is 17.5 Å². The Morgan fingerprint density at radius 1 is 0.947 bits per heavy atom. The zero-order valence-corrected chi connectivity index (χ0v) is 21.4. The second-order valence-electron chi connectivity index (χ2n) is 7.93. The van der Waals surface area contributed by atoms with Gasteiger partial charge in [0.25, 0.3) is 5.91 Å². The summed E-state index contributed by atoms with van der Waals surface area (Å²) in [5, 5.41) is 15.9. The first-order valence-electron chi connectivity index (χ1n) is 11.4. The molecule has 1 fully saturated rings. The van der Waals surface area contributed by atoms with Crippen LogP contribution >= 0.6 is 11.8 Å². The average Bonchev–Trinajstić information content (AvgIpc) is 3.22. The van der Waals surface area contributed by atoms with E-state index >= 15 is 0 Å². The van der Waals surface area contributed by atoms with E-state index in [2.05, 4.69) is 20.6 Å². The third kappa shape index (κ3) is 7.04. The molecule has 2 amide bonds. The van der Waals surface area contributed by atoms with Crippen LogP contribution in [0, 0.1) is 5.82 Å². The Morgan fingerprint density at radius 2 is 1.53 bits per heavy atom. The van der Waals surface area contributed by atoms with Gasteiger partial charge in [-0.05, 0) is 83.9 Å². The van der Waals surface area contributed by atoms with Gasteiger partial charge >= 0.3 is 0 Å². The van der Waals surface area contributed by atoms with Crippen molar-refractivity contribution in [2.75, 3.05) is 19.5 Å². The fourth-order valence-corrected chi connectivity index (χ4v) is 4.34. The number of amidine groups is 1. The van der Waals surface area contributed by atoms with Gasteiger partial charge in [0.05, 0.1) is 26.6 Å². The Morgan fingerprint density at radius 3 is 2.11 bits per heavy atom. The highest BCUT2D eigenvalue weighted by molar-refractivity contribution is 8.15. The molecular formula is C27H24FN5O4S. The Hall–Kier alpha value is -4.51. The molecule has 3 aromatic rings. The highest BCUT2D eigenvalue weighted by Crippen LogP contribution is 2.30. The molecule has 0 spiro atoms. The van der Waals surface area contributed by atoms with Crippen molar-refractivity contribution in [1.82, 2.24) is 5.01 Å². The molecule has 1 atom stereocenters. The van der Waals surface area contributed by atoms with Gasteiger partial charge in [0.2, 0.25) is 11.1 Å². The maximum absolute atomic E-state index is 13.2. The Kier molecular flexibility index (Phi) is 8.83. The summed E-state index contributed by atoms with van der Waals surface area (Å²) in [5.74, 6) is 0.186. The van der Waals surface area contributed by atoms with Crippen LogP contribution in [0.3, 0.4) is 0 Å². The van der Waals surface area contributed by atoms with Crippen LogP contribution in [-0.2, 0) is 9.59 Å². The highest BCUT2D eigenvalue weighted by Gasteiger charge is 2.39. The van der Waals surface area contributed by atoms with Gasteiger partial charge in [-0.3, -0.25) is 9.59 Å². The number of benzene rings is 3.